The van der Waals surface area contributed by atoms with E-state index in [9.17, 15) is 9.59 Å². The van der Waals surface area contributed by atoms with Crippen LogP contribution in [0.25, 0.3) is 0 Å². The molecule has 1 aliphatic heterocycles. The third kappa shape index (κ3) is 3.11. The summed E-state index contributed by atoms with van der Waals surface area (Å²) in [4.78, 5) is 25.5. The maximum atomic E-state index is 12.8. The standard InChI is InChI=1S/C17H17N3O3S/c1-10-14(15(20-17(22)18-10)13-8-5-9-24-13)16(21)19-11-6-3-4-7-12(11)23-2/h3-9,15H,1-2H3,(H,19,21)(H2,18,20,22)/t15-/m0/s1. The number of para-hydroxylation sites is 2. The molecule has 124 valence electrons. The highest BCUT2D eigenvalue weighted by atomic mass is 32.1. The number of hydrogen-bond donors (Lipinski definition) is 3. The van der Waals surface area contributed by atoms with E-state index in [2.05, 4.69) is 16.0 Å². The topological polar surface area (TPSA) is 79.5 Å². The van der Waals surface area contributed by atoms with Crippen molar-refractivity contribution < 1.29 is 14.3 Å². The number of carbonyl (C=O) groups excluding carboxylic acids is 2. The number of anilines is 1. The second kappa shape index (κ2) is 6.76. The molecule has 0 fully saturated rings. The Labute approximate surface area is 143 Å². The van der Waals surface area contributed by atoms with Crippen LogP contribution in [0.2, 0.25) is 0 Å². The molecule has 2 heterocycles. The number of ether oxygens (including phenoxy) is 1. The number of benzene rings is 1. The van der Waals surface area contributed by atoms with Crippen molar-refractivity contribution in [1.29, 1.82) is 0 Å². The Morgan fingerprint density at radius 3 is 2.75 bits per heavy atom. The zero-order chi connectivity index (χ0) is 17.1. The summed E-state index contributed by atoms with van der Waals surface area (Å²) in [7, 11) is 1.55. The quantitative estimate of drug-likeness (QED) is 0.798. The fourth-order valence-electron chi connectivity index (χ4n) is 2.60. The average molecular weight is 343 g/mol. The molecule has 6 nitrogen and oxygen atoms in total. The van der Waals surface area contributed by atoms with Gasteiger partial charge in [-0.3, -0.25) is 4.79 Å². The van der Waals surface area contributed by atoms with E-state index in [-0.39, 0.29) is 11.9 Å². The summed E-state index contributed by atoms with van der Waals surface area (Å²) in [6, 6.07) is 10.2. The Balaban J connectivity index is 1.93. The minimum Gasteiger partial charge on any atom is -0.495 e. The van der Waals surface area contributed by atoms with E-state index in [1.165, 1.54) is 11.3 Å². The Kier molecular flexibility index (Phi) is 4.52. The van der Waals surface area contributed by atoms with Crippen LogP contribution in [0.4, 0.5) is 10.5 Å². The minimum absolute atomic E-state index is 0.289. The van der Waals surface area contributed by atoms with Crippen LogP contribution in [0, 0.1) is 0 Å². The zero-order valence-electron chi connectivity index (χ0n) is 13.3. The van der Waals surface area contributed by atoms with Crippen molar-refractivity contribution in [2.24, 2.45) is 0 Å². The fourth-order valence-corrected chi connectivity index (χ4v) is 3.39. The first-order valence-electron chi connectivity index (χ1n) is 7.36. The largest absolute Gasteiger partial charge is 0.495 e. The van der Waals surface area contributed by atoms with E-state index in [1.807, 2.05) is 29.6 Å². The molecule has 0 bridgehead atoms. The molecule has 3 N–H and O–H groups in total. The Bertz CT molecular complexity index is 799. The predicted octanol–water partition coefficient (Wildman–Crippen LogP) is 3.02. The average Bonchev–Trinajstić information content (AvgIpc) is 3.08. The van der Waals surface area contributed by atoms with Crippen molar-refractivity contribution >= 4 is 29.0 Å². The van der Waals surface area contributed by atoms with Crippen LogP contribution < -0.4 is 20.7 Å². The van der Waals surface area contributed by atoms with Crippen molar-refractivity contribution in [1.82, 2.24) is 10.6 Å². The number of urea groups is 1. The van der Waals surface area contributed by atoms with E-state index in [4.69, 9.17) is 4.74 Å². The van der Waals surface area contributed by atoms with Gasteiger partial charge in [0.1, 0.15) is 5.75 Å². The lowest BCUT2D eigenvalue weighted by atomic mass is 10.0. The Hall–Kier alpha value is -2.80. The molecule has 1 aromatic heterocycles. The van der Waals surface area contributed by atoms with Crippen LogP contribution in [0.5, 0.6) is 5.75 Å². The molecule has 24 heavy (non-hydrogen) atoms. The van der Waals surface area contributed by atoms with Gasteiger partial charge in [0.25, 0.3) is 5.91 Å². The van der Waals surface area contributed by atoms with Gasteiger partial charge in [0.05, 0.1) is 24.4 Å². The number of carbonyl (C=O) groups is 2. The first-order valence-corrected chi connectivity index (χ1v) is 8.24. The van der Waals surface area contributed by atoms with Gasteiger partial charge in [-0.2, -0.15) is 0 Å². The van der Waals surface area contributed by atoms with Crippen LogP contribution in [0.15, 0.2) is 53.0 Å². The number of methoxy groups -OCH3 is 1. The van der Waals surface area contributed by atoms with Crippen molar-refractivity contribution in [3.05, 3.63) is 57.9 Å². The molecular weight excluding hydrogens is 326 g/mol. The molecule has 2 aromatic rings. The van der Waals surface area contributed by atoms with Crippen molar-refractivity contribution in [2.75, 3.05) is 12.4 Å². The van der Waals surface area contributed by atoms with Crippen LogP contribution in [-0.2, 0) is 4.79 Å². The highest BCUT2D eigenvalue weighted by molar-refractivity contribution is 7.10. The first kappa shape index (κ1) is 16.1. The lowest BCUT2D eigenvalue weighted by Crippen LogP contribution is -2.45. The zero-order valence-corrected chi connectivity index (χ0v) is 14.1. The Morgan fingerprint density at radius 2 is 2.04 bits per heavy atom. The van der Waals surface area contributed by atoms with Gasteiger partial charge in [-0.1, -0.05) is 18.2 Å². The van der Waals surface area contributed by atoms with Crippen molar-refractivity contribution in [2.45, 2.75) is 13.0 Å². The monoisotopic (exact) mass is 343 g/mol. The summed E-state index contributed by atoms with van der Waals surface area (Å²) in [6.45, 7) is 1.72. The van der Waals surface area contributed by atoms with Crippen LogP contribution in [0.1, 0.15) is 17.8 Å². The van der Waals surface area contributed by atoms with Gasteiger partial charge in [-0.05, 0) is 30.5 Å². The van der Waals surface area contributed by atoms with Gasteiger partial charge >= 0.3 is 6.03 Å². The third-order valence-corrected chi connectivity index (χ3v) is 4.63. The summed E-state index contributed by atoms with van der Waals surface area (Å²) in [6.07, 6.45) is 0. The summed E-state index contributed by atoms with van der Waals surface area (Å²) in [5.41, 5.74) is 1.58. The molecule has 3 rings (SSSR count). The molecular formula is C17H17N3O3S. The second-order valence-electron chi connectivity index (χ2n) is 5.24. The smallest absolute Gasteiger partial charge is 0.319 e. The second-order valence-corrected chi connectivity index (χ2v) is 6.22. The lowest BCUT2D eigenvalue weighted by Gasteiger charge is -2.27. The fraction of sp³-hybridized carbons (Fsp3) is 0.176. The van der Waals surface area contributed by atoms with E-state index in [0.29, 0.717) is 22.7 Å². The maximum Gasteiger partial charge on any atom is 0.319 e. The van der Waals surface area contributed by atoms with Crippen LogP contribution in [0.3, 0.4) is 0 Å². The van der Waals surface area contributed by atoms with E-state index in [0.717, 1.165) is 4.88 Å². The van der Waals surface area contributed by atoms with Gasteiger partial charge < -0.3 is 20.7 Å². The molecule has 3 amide bonds. The molecule has 1 atom stereocenters. The molecule has 0 saturated carbocycles. The Morgan fingerprint density at radius 1 is 1.25 bits per heavy atom. The highest BCUT2D eigenvalue weighted by Crippen LogP contribution is 2.31. The number of nitrogens with one attached hydrogen (secondary N) is 3. The number of thiophene rings is 1. The molecule has 1 aromatic carbocycles. The summed E-state index contributed by atoms with van der Waals surface area (Å²) in [5, 5.41) is 10.2. The minimum atomic E-state index is -0.478. The molecule has 0 saturated heterocycles. The SMILES string of the molecule is COc1ccccc1NC(=O)C1=C(C)NC(=O)N[C@H]1c1cccs1. The number of hydrogen-bond acceptors (Lipinski definition) is 4. The molecule has 0 spiro atoms. The van der Waals surface area contributed by atoms with Crippen LogP contribution >= 0.6 is 11.3 Å². The van der Waals surface area contributed by atoms with E-state index in [1.54, 1.807) is 26.2 Å². The third-order valence-electron chi connectivity index (χ3n) is 3.70. The highest BCUT2D eigenvalue weighted by Gasteiger charge is 2.32. The number of allylic oxidation sites excluding steroid dienone is 1. The van der Waals surface area contributed by atoms with Gasteiger partial charge in [-0.15, -0.1) is 11.3 Å². The number of amides is 3. The maximum absolute atomic E-state index is 12.8. The first-order chi connectivity index (χ1) is 11.6. The molecule has 0 radical (unpaired) electrons. The number of rotatable bonds is 4. The van der Waals surface area contributed by atoms with Gasteiger partial charge in [0.2, 0.25) is 0 Å². The molecule has 1 aliphatic rings. The summed E-state index contributed by atoms with van der Waals surface area (Å²) < 4.78 is 5.26. The molecule has 7 heteroatoms. The van der Waals surface area contributed by atoms with Crippen molar-refractivity contribution in [3.63, 3.8) is 0 Å². The normalized spacial score (nSPS) is 17.1. The lowest BCUT2D eigenvalue weighted by molar-refractivity contribution is -0.113. The van der Waals surface area contributed by atoms with E-state index < -0.39 is 6.04 Å². The van der Waals surface area contributed by atoms with Gasteiger partial charge in [-0.25, -0.2) is 4.79 Å². The molecule has 0 unspecified atom stereocenters. The van der Waals surface area contributed by atoms with Crippen molar-refractivity contribution in [3.8, 4) is 5.75 Å². The molecule has 0 aliphatic carbocycles. The van der Waals surface area contributed by atoms with Crippen LogP contribution in [-0.4, -0.2) is 19.0 Å². The van der Waals surface area contributed by atoms with E-state index >= 15 is 0 Å². The van der Waals surface area contributed by atoms with Gasteiger partial charge in [0, 0.05) is 10.6 Å². The summed E-state index contributed by atoms with van der Waals surface area (Å²) in [5.74, 6) is 0.285. The van der Waals surface area contributed by atoms with Gasteiger partial charge in [0.15, 0.2) is 0 Å². The predicted molar refractivity (Wildman–Crippen MR) is 93.1 cm³/mol. The summed E-state index contributed by atoms with van der Waals surface area (Å²) >= 11 is 1.49.